The van der Waals surface area contributed by atoms with Gasteiger partial charge in [0.25, 0.3) is 11.5 Å². The van der Waals surface area contributed by atoms with Gasteiger partial charge in [0, 0.05) is 23.0 Å². The number of aryl methyl sites for hydroxylation is 1. The van der Waals surface area contributed by atoms with Gasteiger partial charge < -0.3 is 10.3 Å². The number of carbonyl (C=O) groups is 1. The summed E-state index contributed by atoms with van der Waals surface area (Å²) in [5, 5.41) is 2.82. The summed E-state index contributed by atoms with van der Waals surface area (Å²) in [5.74, 6) is 0.252. The molecule has 1 amide bonds. The van der Waals surface area contributed by atoms with Crippen LogP contribution in [0.1, 0.15) is 22.3 Å². The van der Waals surface area contributed by atoms with Crippen molar-refractivity contribution in [3.63, 3.8) is 0 Å². The molecule has 0 radical (unpaired) electrons. The molecule has 3 rings (SSSR count). The minimum absolute atomic E-state index is 0.195. The Bertz CT molecular complexity index is 949. The predicted octanol–water partition coefficient (Wildman–Crippen LogP) is 3.97. The van der Waals surface area contributed by atoms with E-state index in [1.165, 1.54) is 17.4 Å². The number of halogens is 1. The molecule has 2 heterocycles. The van der Waals surface area contributed by atoms with E-state index in [2.05, 4.69) is 15.3 Å². The van der Waals surface area contributed by atoms with Gasteiger partial charge in [-0.05, 0) is 30.7 Å². The Kier molecular flexibility index (Phi) is 4.78. The summed E-state index contributed by atoms with van der Waals surface area (Å²) in [5.41, 5.74) is 1.87. The number of thiophene rings is 1. The van der Waals surface area contributed by atoms with Gasteiger partial charge in [0.15, 0.2) is 0 Å². The number of anilines is 1. The fourth-order valence-corrected chi connectivity index (χ4v) is 3.14. The van der Waals surface area contributed by atoms with E-state index in [1.54, 1.807) is 30.3 Å². The molecule has 0 fully saturated rings. The third-order valence-electron chi connectivity index (χ3n) is 3.35. The largest absolute Gasteiger partial charge is 0.321 e. The van der Waals surface area contributed by atoms with Gasteiger partial charge in [-0.3, -0.25) is 9.59 Å². The highest BCUT2D eigenvalue weighted by Crippen LogP contribution is 2.24. The first-order chi connectivity index (χ1) is 11.5. The first-order valence-corrected chi connectivity index (χ1v) is 8.52. The average molecular weight is 360 g/mol. The van der Waals surface area contributed by atoms with Crippen molar-refractivity contribution in [1.29, 1.82) is 0 Å². The molecule has 0 saturated heterocycles. The van der Waals surface area contributed by atoms with Gasteiger partial charge in [-0.1, -0.05) is 30.7 Å². The number of amides is 1. The van der Waals surface area contributed by atoms with E-state index in [9.17, 15) is 9.59 Å². The summed E-state index contributed by atoms with van der Waals surface area (Å²) in [6.07, 6.45) is 0.673. The lowest BCUT2D eigenvalue weighted by Crippen LogP contribution is -2.11. The second-order valence-electron chi connectivity index (χ2n) is 5.08. The molecule has 122 valence electrons. The highest BCUT2D eigenvalue weighted by molar-refractivity contribution is 7.18. The molecule has 0 spiro atoms. The molecular weight excluding hydrogens is 346 g/mol. The number of nitrogens with zero attached hydrogens (tertiary/aromatic N) is 1. The van der Waals surface area contributed by atoms with Crippen molar-refractivity contribution in [3.05, 3.63) is 67.7 Å². The maximum absolute atomic E-state index is 12.2. The van der Waals surface area contributed by atoms with Crippen LogP contribution in [0.25, 0.3) is 11.4 Å². The van der Waals surface area contributed by atoms with Crippen molar-refractivity contribution in [2.24, 2.45) is 0 Å². The average Bonchev–Trinajstić information content (AvgIpc) is 3.01. The minimum Gasteiger partial charge on any atom is -0.321 e. The first kappa shape index (κ1) is 16.4. The molecule has 2 N–H and O–H groups in total. The number of hydrogen-bond donors (Lipinski definition) is 2. The topological polar surface area (TPSA) is 74.8 Å². The Labute approximate surface area is 147 Å². The summed E-state index contributed by atoms with van der Waals surface area (Å²) in [7, 11) is 0. The highest BCUT2D eigenvalue weighted by Gasteiger charge is 2.10. The van der Waals surface area contributed by atoms with Gasteiger partial charge in [0.2, 0.25) is 0 Å². The number of aromatic amines is 1. The Morgan fingerprint density at radius 2 is 2.12 bits per heavy atom. The van der Waals surface area contributed by atoms with Crippen LogP contribution in [-0.2, 0) is 6.42 Å². The van der Waals surface area contributed by atoms with Crippen molar-refractivity contribution in [2.75, 3.05) is 5.32 Å². The summed E-state index contributed by atoms with van der Waals surface area (Å²) >= 11 is 7.07. The molecule has 0 bridgehead atoms. The van der Waals surface area contributed by atoms with E-state index in [4.69, 9.17) is 11.6 Å². The van der Waals surface area contributed by atoms with Crippen molar-refractivity contribution < 1.29 is 4.79 Å². The zero-order chi connectivity index (χ0) is 17.1. The van der Waals surface area contributed by atoms with E-state index in [1.807, 2.05) is 13.0 Å². The van der Waals surface area contributed by atoms with Crippen LogP contribution in [-0.4, -0.2) is 15.9 Å². The van der Waals surface area contributed by atoms with E-state index in [0.717, 1.165) is 11.3 Å². The number of H-pyrrole nitrogens is 1. The summed E-state index contributed by atoms with van der Waals surface area (Å²) < 4.78 is 0.562. The van der Waals surface area contributed by atoms with Crippen molar-refractivity contribution in [1.82, 2.24) is 9.97 Å². The standard InChI is InChI=1S/C17H14ClN3O2S/c1-2-11-9-15(22)21-16(19-11)10-4-3-5-12(8-10)20-17(23)13-6-7-14(18)24-13/h3-9H,2H2,1H3,(H,20,23)(H,19,21,22). The Morgan fingerprint density at radius 1 is 1.29 bits per heavy atom. The molecule has 0 aliphatic heterocycles. The van der Waals surface area contributed by atoms with Gasteiger partial charge in [-0.25, -0.2) is 4.98 Å². The normalized spacial score (nSPS) is 10.6. The molecule has 7 heteroatoms. The smallest absolute Gasteiger partial charge is 0.265 e. The summed E-state index contributed by atoms with van der Waals surface area (Å²) in [6.45, 7) is 1.94. The summed E-state index contributed by atoms with van der Waals surface area (Å²) in [6, 6.07) is 12.0. The molecule has 5 nitrogen and oxygen atoms in total. The SMILES string of the molecule is CCc1cc(=O)[nH]c(-c2cccc(NC(=O)c3ccc(Cl)s3)c2)n1. The fourth-order valence-electron chi connectivity index (χ4n) is 2.20. The Balaban J connectivity index is 1.88. The third-order valence-corrected chi connectivity index (χ3v) is 4.58. The Morgan fingerprint density at radius 3 is 2.83 bits per heavy atom. The fraction of sp³-hybridized carbons (Fsp3) is 0.118. The molecule has 0 atom stereocenters. The van der Waals surface area contributed by atoms with Crippen LogP contribution < -0.4 is 10.9 Å². The van der Waals surface area contributed by atoms with Crippen LogP contribution in [0.3, 0.4) is 0 Å². The molecule has 1 aromatic carbocycles. The third kappa shape index (κ3) is 3.72. The number of rotatable bonds is 4. The van der Waals surface area contributed by atoms with Gasteiger partial charge >= 0.3 is 0 Å². The Hall–Kier alpha value is -2.44. The number of hydrogen-bond acceptors (Lipinski definition) is 4. The van der Waals surface area contributed by atoms with Gasteiger partial charge in [0.05, 0.1) is 9.21 Å². The highest BCUT2D eigenvalue weighted by atomic mass is 35.5. The van der Waals surface area contributed by atoms with E-state index in [-0.39, 0.29) is 11.5 Å². The molecule has 0 aliphatic rings. The van der Waals surface area contributed by atoms with Gasteiger partial charge in [-0.2, -0.15) is 0 Å². The van der Waals surface area contributed by atoms with E-state index in [0.29, 0.717) is 27.1 Å². The number of nitrogens with one attached hydrogen (secondary N) is 2. The second-order valence-corrected chi connectivity index (χ2v) is 6.79. The maximum Gasteiger partial charge on any atom is 0.265 e. The van der Waals surface area contributed by atoms with Crippen LogP contribution in [0, 0.1) is 0 Å². The molecule has 3 aromatic rings. The maximum atomic E-state index is 12.2. The molecule has 24 heavy (non-hydrogen) atoms. The lowest BCUT2D eigenvalue weighted by atomic mass is 10.1. The quantitative estimate of drug-likeness (QED) is 0.740. The zero-order valence-corrected chi connectivity index (χ0v) is 14.4. The molecule has 0 saturated carbocycles. The molecule has 0 aliphatic carbocycles. The zero-order valence-electron chi connectivity index (χ0n) is 12.8. The lowest BCUT2D eigenvalue weighted by Gasteiger charge is -2.07. The van der Waals surface area contributed by atoms with E-state index >= 15 is 0 Å². The molecule has 0 unspecified atom stereocenters. The van der Waals surface area contributed by atoms with Crippen LogP contribution in [0.4, 0.5) is 5.69 Å². The second kappa shape index (κ2) is 6.98. The monoisotopic (exact) mass is 359 g/mol. The van der Waals surface area contributed by atoms with Crippen molar-refractivity contribution >= 4 is 34.5 Å². The van der Waals surface area contributed by atoms with Crippen LogP contribution in [0.5, 0.6) is 0 Å². The van der Waals surface area contributed by atoms with E-state index < -0.39 is 0 Å². The molecule has 2 aromatic heterocycles. The minimum atomic E-state index is -0.229. The lowest BCUT2D eigenvalue weighted by molar-refractivity contribution is 0.103. The number of carbonyl (C=O) groups excluding carboxylic acids is 1. The number of benzene rings is 1. The van der Waals surface area contributed by atoms with Crippen molar-refractivity contribution in [2.45, 2.75) is 13.3 Å². The van der Waals surface area contributed by atoms with Crippen LogP contribution in [0.15, 0.2) is 47.3 Å². The predicted molar refractivity (Wildman–Crippen MR) is 97.0 cm³/mol. The molecular formula is C17H14ClN3O2S. The van der Waals surface area contributed by atoms with Crippen LogP contribution in [0.2, 0.25) is 4.34 Å². The summed E-state index contributed by atoms with van der Waals surface area (Å²) in [4.78, 5) is 31.6. The van der Waals surface area contributed by atoms with Gasteiger partial charge in [0.1, 0.15) is 5.82 Å². The van der Waals surface area contributed by atoms with Crippen LogP contribution >= 0.6 is 22.9 Å². The number of aromatic nitrogens is 2. The first-order valence-electron chi connectivity index (χ1n) is 7.32. The van der Waals surface area contributed by atoms with Crippen molar-refractivity contribution in [3.8, 4) is 11.4 Å². The van der Waals surface area contributed by atoms with Gasteiger partial charge in [-0.15, -0.1) is 11.3 Å².